The van der Waals surface area contributed by atoms with Gasteiger partial charge in [-0.05, 0) is 32.0 Å². The topological polar surface area (TPSA) is 136 Å². The van der Waals surface area contributed by atoms with Crippen LogP contribution in [0.1, 0.15) is 23.8 Å². The van der Waals surface area contributed by atoms with Crippen LogP contribution in [0.5, 0.6) is 5.75 Å². The van der Waals surface area contributed by atoms with Gasteiger partial charge in [0.1, 0.15) is 28.7 Å². The molecule has 4 rings (SSSR count). The summed E-state index contributed by atoms with van der Waals surface area (Å²) in [5.74, 6) is -1.02. The minimum absolute atomic E-state index is 0.0194. The quantitative estimate of drug-likeness (QED) is 0.669. The Balaban J connectivity index is 2.18. The van der Waals surface area contributed by atoms with E-state index in [1.807, 2.05) is 6.07 Å². The molecule has 30 heavy (non-hydrogen) atoms. The molecule has 1 unspecified atom stereocenters. The van der Waals surface area contributed by atoms with Crippen LogP contribution in [-0.4, -0.2) is 18.6 Å². The fraction of sp³-hybridized carbons (Fsp3) is 0.200. The number of fused-ring (bicyclic) bond motifs is 4. The van der Waals surface area contributed by atoms with Crippen LogP contribution >= 0.6 is 15.9 Å². The molecule has 1 atom stereocenters. The molecule has 9 nitrogen and oxygen atoms in total. The summed E-state index contributed by atoms with van der Waals surface area (Å²) >= 11 is 3.34. The number of rotatable bonds is 1. The standard InChI is InChI=1S/C20H14BrN3O6/c1-3-28-19(27)24-13-5-4-10(21)7-11(13)20(18(24)26)12(8-22)16(23)30-14-6-9(2)29-17(25)15(14)20/h4-7H,3,23H2,1-2H3. The summed E-state index contributed by atoms with van der Waals surface area (Å²) in [6.07, 6.45) is -0.941. The molecule has 3 heterocycles. The van der Waals surface area contributed by atoms with E-state index in [0.717, 1.165) is 4.90 Å². The molecule has 0 fully saturated rings. The van der Waals surface area contributed by atoms with E-state index in [2.05, 4.69) is 15.9 Å². The van der Waals surface area contributed by atoms with Crippen LogP contribution in [0.3, 0.4) is 0 Å². The van der Waals surface area contributed by atoms with Crippen molar-refractivity contribution >= 4 is 33.6 Å². The van der Waals surface area contributed by atoms with Crippen molar-refractivity contribution in [1.82, 2.24) is 0 Å². The lowest BCUT2D eigenvalue weighted by Crippen LogP contribution is -2.50. The molecule has 0 saturated heterocycles. The lowest BCUT2D eigenvalue weighted by Gasteiger charge is -2.32. The fourth-order valence-corrected chi connectivity index (χ4v) is 4.23. The first-order chi connectivity index (χ1) is 14.3. The molecule has 0 saturated carbocycles. The molecule has 2 amide bonds. The van der Waals surface area contributed by atoms with Gasteiger partial charge in [-0.2, -0.15) is 5.26 Å². The summed E-state index contributed by atoms with van der Waals surface area (Å²) in [6.45, 7) is 3.14. The van der Waals surface area contributed by atoms with Crippen LogP contribution in [0.4, 0.5) is 10.5 Å². The second-order valence-electron chi connectivity index (χ2n) is 6.59. The predicted molar refractivity (Wildman–Crippen MR) is 107 cm³/mol. The van der Waals surface area contributed by atoms with Crippen molar-refractivity contribution in [3.05, 3.63) is 67.5 Å². The Morgan fingerprint density at radius 1 is 1.37 bits per heavy atom. The highest BCUT2D eigenvalue weighted by atomic mass is 79.9. The van der Waals surface area contributed by atoms with Crippen molar-refractivity contribution in [3.8, 4) is 11.8 Å². The number of halogens is 1. The third kappa shape index (κ3) is 2.42. The average molecular weight is 472 g/mol. The van der Waals surface area contributed by atoms with Crippen LogP contribution in [0.15, 0.2) is 49.4 Å². The average Bonchev–Trinajstić information content (AvgIpc) is 2.90. The van der Waals surface area contributed by atoms with Gasteiger partial charge in [-0.1, -0.05) is 15.9 Å². The Labute approximate surface area is 178 Å². The summed E-state index contributed by atoms with van der Waals surface area (Å²) < 4.78 is 16.3. The molecule has 2 aliphatic rings. The van der Waals surface area contributed by atoms with Gasteiger partial charge < -0.3 is 19.6 Å². The van der Waals surface area contributed by atoms with Crippen molar-refractivity contribution in [2.75, 3.05) is 11.5 Å². The van der Waals surface area contributed by atoms with E-state index in [0.29, 0.717) is 4.47 Å². The monoisotopic (exact) mass is 471 g/mol. The third-order valence-electron chi connectivity index (χ3n) is 4.94. The molecule has 2 aromatic rings. The molecule has 0 radical (unpaired) electrons. The molecular formula is C20H14BrN3O6. The van der Waals surface area contributed by atoms with Gasteiger partial charge in [0.15, 0.2) is 5.41 Å². The van der Waals surface area contributed by atoms with Gasteiger partial charge in [0.05, 0.1) is 12.3 Å². The minimum Gasteiger partial charge on any atom is -0.449 e. The number of amides is 2. The van der Waals surface area contributed by atoms with Gasteiger partial charge in [0, 0.05) is 16.1 Å². The normalized spacial score (nSPS) is 19.3. The van der Waals surface area contributed by atoms with Gasteiger partial charge in [-0.25, -0.2) is 14.5 Å². The van der Waals surface area contributed by atoms with Crippen LogP contribution in [0.2, 0.25) is 0 Å². The van der Waals surface area contributed by atoms with Crippen molar-refractivity contribution < 1.29 is 23.5 Å². The van der Waals surface area contributed by atoms with E-state index in [1.54, 1.807) is 19.1 Å². The predicted octanol–water partition coefficient (Wildman–Crippen LogP) is 2.59. The largest absolute Gasteiger partial charge is 0.449 e. The second kappa shape index (κ2) is 6.74. The third-order valence-corrected chi connectivity index (χ3v) is 5.44. The molecule has 1 aromatic heterocycles. The Kier molecular flexibility index (Phi) is 4.43. The Morgan fingerprint density at radius 3 is 2.77 bits per heavy atom. The minimum atomic E-state index is -2.02. The van der Waals surface area contributed by atoms with Gasteiger partial charge in [0.2, 0.25) is 5.88 Å². The van der Waals surface area contributed by atoms with Crippen LogP contribution in [-0.2, 0) is 14.9 Å². The van der Waals surface area contributed by atoms with E-state index in [-0.39, 0.29) is 46.4 Å². The van der Waals surface area contributed by atoms with E-state index >= 15 is 0 Å². The van der Waals surface area contributed by atoms with Crippen molar-refractivity contribution in [3.63, 3.8) is 0 Å². The number of carbonyl (C=O) groups excluding carboxylic acids is 2. The van der Waals surface area contributed by atoms with Crippen LogP contribution < -0.4 is 21.0 Å². The van der Waals surface area contributed by atoms with E-state index in [9.17, 15) is 19.6 Å². The molecule has 10 heteroatoms. The number of anilines is 1. The van der Waals surface area contributed by atoms with Gasteiger partial charge in [0.25, 0.3) is 5.91 Å². The number of ether oxygens (including phenoxy) is 2. The first-order valence-electron chi connectivity index (χ1n) is 8.82. The van der Waals surface area contributed by atoms with E-state index in [4.69, 9.17) is 19.6 Å². The number of hydrogen-bond acceptors (Lipinski definition) is 8. The maximum atomic E-state index is 13.8. The molecule has 2 N–H and O–H groups in total. The summed E-state index contributed by atoms with van der Waals surface area (Å²) in [5.41, 5.74) is 2.92. The van der Waals surface area contributed by atoms with Gasteiger partial charge in [-0.3, -0.25) is 4.79 Å². The van der Waals surface area contributed by atoms with E-state index < -0.39 is 23.0 Å². The maximum absolute atomic E-state index is 13.8. The first kappa shape index (κ1) is 19.7. The number of aryl methyl sites for hydroxylation is 1. The number of carbonyl (C=O) groups is 2. The zero-order valence-corrected chi connectivity index (χ0v) is 17.4. The number of nitrogens with two attached hydrogens (primary N) is 1. The molecule has 0 aliphatic carbocycles. The molecule has 1 spiro atoms. The zero-order valence-electron chi connectivity index (χ0n) is 15.8. The number of imide groups is 1. The highest BCUT2D eigenvalue weighted by Gasteiger charge is 2.62. The van der Waals surface area contributed by atoms with E-state index in [1.165, 1.54) is 19.1 Å². The zero-order chi connectivity index (χ0) is 21.8. The molecule has 1 aromatic carbocycles. The van der Waals surface area contributed by atoms with Crippen molar-refractivity contribution in [1.29, 1.82) is 5.26 Å². The van der Waals surface area contributed by atoms with Crippen LogP contribution in [0.25, 0.3) is 0 Å². The number of benzene rings is 1. The molecule has 0 bridgehead atoms. The highest BCUT2D eigenvalue weighted by Crippen LogP contribution is 2.54. The van der Waals surface area contributed by atoms with Crippen molar-refractivity contribution in [2.45, 2.75) is 19.3 Å². The summed E-state index contributed by atoms with van der Waals surface area (Å²) in [5, 5.41) is 9.90. The Morgan fingerprint density at radius 2 is 2.10 bits per heavy atom. The number of nitrogens with zero attached hydrogens (tertiary/aromatic N) is 2. The molecule has 2 aliphatic heterocycles. The summed E-state index contributed by atoms with van der Waals surface area (Å²) in [7, 11) is 0. The number of hydrogen-bond donors (Lipinski definition) is 1. The highest BCUT2D eigenvalue weighted by molar-refractivity contribution is 9.10. The van der Waals surface area contributed by atoms with Gasteiger partial charge >= 0.3 is 11.7 Å². The summed E-state index contributed by atoms with van der Waals surface area (Å²) in [4.78, 5) is 40.2. The Bertz CT molecular complexity index is 1260. The van der Waals surface area contributed by atoms with Gasteiger partial charge in [-0.15, -0.1) is 0 Å². The lowest BCUT2D eigenvalue weighted by atomic mass is 9.69. The second-order valence-corrected chi connectivity index (χ2v) is 7.50. The summed E-state index contributed by atoms with van der Waals surface area (Å²) in [6, 6.07) is 7.97. The first-order valence-corrected chi connectivity index (χ1v) is 9.61. The molecular weight excluding hydrogens is 458 g/mol. The Hall–Kier alpha value is -3.58. The maximum Gasteiger partial charge on any atom is 0.421 e. The van der Waals surface area contributed by atoms with Crippen LogP contribution in [0, 0.1) is 18.3 Å². The smallest absolute Gasteiger partial charge is 0.421 e. The SMILES string of the molecule is CCOC(=O)N1C(=O)C2(C(C#N)=C(N)Oc3cc(C)oc(=O)c32)c2cc(Br)ccc21. The molecule has 152 valence electrons. The lowest BCUT2D eigenvalue weighted by molar-refractivity contribution is -0.120. The van der Waals surface area contributed by atoms with Crippen molar-refractivity contribution in [2.24, 2.45) is 5.73 Å². The fourth-order valence-electron chi connectivity index (χ4n) is 3.87. The number of nitriles is 1.